The Hall–Kier alpha value is -2.51. The molecule has 1 fully saturated rings. The number of amides is 2. The van der Waals surface area contributed by atoms with Crippen molar-refractivity contribution in [2.45, 2.75) is 19.6 Å². The Morgan fingerprint density at radius 3 is 2.00 bits per heavy atom. The van der Waals surface area contributed by atoms with Crippen molar-refractivity contribution in [1.29, 1.82) is 0 Å². The number of ether oxygens (including phenoxy) is 2. The van der Waals surface area contributed by atoms with Gasteiger partial charge in [-0.2, -0.15) is 0 Å². The zero-order valence-electron chi connectivity index (χ0n) is 11.5. The van der Waals surface area contributed by atoms with Crippen LogP contribution in [0.5, 0.6) is 0 Å². The standard InChI is InChI=1S/C12H14N2O6/c1-12(2)19-10(17)7(11(18)20-12)5-6-8(15)13(3)14(4)9(6)16/h5,17H,1-4H3. The van der Waals surface area contributed by atoms with Crippen LogP contribution in [0.3, 0.4) is 0 Å². The van der Waals surface area contributed by atoms with Crippen molar-refractivity contribution in [3.8, 4) is 0 Å². The smallest absolute Gasteiger partial charge is 0.348 e. The number of cyclic esters (lactones) is 1. The van der Waals surface area contributed by atoms with Gasteiger partial charge in [0.15, 0.2) is 0 Å². The summed E-state index contributed by atoms with van der Waals surface area (Å²) in [6.45, 7) is 2.89. The summed E-state index contributed by atoms with van der Waals surface area (Å²) in [5.41, 5.74) is -0.624. The number of likely N-dealkylation sites (N-methyl/N-ethyl adjacent to an activating group) is 2. The maximum Gasteiger partial charge on any atom is 0.348 e. The minimum absolute atomic E-state index is 0.253. The number of hydrogen-bond donors (Lipinski definition) is 1. The van der Waals surface area contributed by atoms with Crippen LogP contribution in [-0.2, 0) is 23.9 Å². The summed E-state index contributed by atoms with van der Waals surface area (Å²) in [7, 11) is 2.82. The number of rotatable bonds is 1. The third-order valence-corrected chi connectivity index (χ3v) is 2.92. The van der Waals surface area contributed by atoms with Gasteiger partial charge in [0.25, 0.3) is 23.5 Å². The van der Waals surface area contributed by atoms with Crippen LogP contribution in [0.1, 0.15) is 13.8 Å². The van der Waals surface area contributed by atoms with Crippen LogP contribution in [0.2, 0.25) is 0 Å². The van der Waals surface area contributed by atoms with E-state index in [0.717, 1.165) is 16.1 Å². The van der Waals surface area contributed by atoms with E-state index in [2.05, 4.69) is 0 Å². The van der Waals surface area contributed by atoms with Crippen LogP contribution >= 0.6 is 0 Å². The second-order valence-electron chi connectivity index (χ2n) is 4.83. The molecule has 2 aliphatic heterocycles. The Balaban J connectivity index is 2.43. The van der Waals surface area contributed by atoms with Gasteiger partial charge in [0, 0.05) is 27.9 Å². The summed E-state index contributed by atoms with van der Waals surface area (Å²) in [5.74, 6) is -4.04. The lowest BCUT2D eigenvalue weighted by Crippen LogP contribution is -2.36. The Morgan fingerprint density at radius 1 is 1.05 bits per heavy atom. The summed E-state index contributed by atoms with van der Waals surface area (Å²) >= 11 is 0. The van der Waals surface area contributed by atoms with Crippen LogP contribution in [0, 0.1) is 0 Å². The quantitative estimate of drug-likeness (QED) is 0.408. The molecule has 0 unspecified atom stereocenters. The predicted molar refractivity (Wildman–Crippen MR) is 64.5 cm³/mol. The number of nitrogens with zero attached hydrogens (tertiary/aromatic N) is 2. The molecule has 0 aromatic rings. The zero-order chi connectivity index (χ0) is 15.2. The summed E-state index contributed by atoms with van der Waals surface area (Å²) in [6, 6.07) is 0. The maximum absolute atomic E-state index is 11.8. The van der Waals surface area contributed by atoms with E-state index in [0.29, 0.717) is 0 Å². The Morgan fingerprint density at radius 2 is 1.55 bits per heavy atom. The first-order valence-corrected chi connectivity index (χ1v) is 5.77. The van der Waals surface area contributed by atoms with Crippen molar-refractivity contribution in [2.24, 2.45) is 0 Å². The Labute approximate surface area is 114 Å². The van der Waals surface area contributed by atoms with Crippen LogP contribution in [0.4, 0.5) is 0 Å². The summed E-state index contributed by atoms with van der Waals surface area (Å²) in [6.07, 6.45) is 0.970. The van der Waals surface area contributed by atoms with Gasteiger partial charge in [0.05, 0.1) is 0 Å². The lowest BCUT2D eigenvalue weighted by atomic mass is 10.1. The van der Waals surface area contributed by atoms with Gasteiger partial charge in [-0.3, -0.25) is 19.6 Å². The fourth-order valence-electron chi connectivity index (χ4n) is 1.78. The largest absolute Gasteiger partial charge is 0.480 e. The number of aliphatic hydroxyl groups is 1. The molecule has 1 saturated heterocycles. The average Bonchev–Trinajstić information content (AvgIpc) is 2.49. The van der Waals surface area contributed by atoms with E-state index < -0.39 is 29.5 Å². The zero-order valence-corrected chi connectivity index (χ0v) is 11.5. The molecule has 2 heterocycles. The second-order valence-corrected chi connectivity index (χ2v) is 4.83. The molecule has 0 aliphatic carbocycles. The molecule has 20 heavy (non-hydrogen) atoms. The van der Waals surface area contributed by atoms with Crippen LogP contribution in [0.25, 0.3) is 0 Å². The molecule has 0 atom stereocenters. The third kappa shape index (κ3) is 2.09. The molecule has 2 rings (SSSR count). The summed E-state index contributed by atoms with van der Waals surface area (Å²) in [4.78, 5) is 35.4. The van der Waals surface area contributed by atoms with Crippen molar-refractivity contribution < 1.29 is 29.0 Å². The number of carbonyl (C=O) groups excluding carboxylic acids is 3. The maximum atomic E-state index is 11.8. The van der Waals surface area contributed by atoms with Gasteiger partial charge in [-0.25, -0.2) is 4.79 Å². The highest BCUT2D eigenvalue weighted by atomic mass is 16.8. The highest BCUT2D eigenvalue weighted by Crippen LogP contribution is 2.27. The molecule has 108 valence electrons. The van der Waals surface area contributed by atoms with E-state index in [1.165, 1.54) is 27.9 Å². The van der Waals surface area contributed by atoms with Crippen LogP contribution in [0.15, 0.2) is 23.2 Å². The monoisotopic (exact) mass is 282 g/mol. The van der Waals surface area contributed by atoms with Gasteiger partial charge in [0.2, 0.25) is 0 Å². The lowest BCUT2D eigenvalue weighted by Gasteiger charge is -2.29. The molecule has 8 heteroatoms. The fraction of sp³-hybridized carbons (Fsp3) is 0.417. The SMILES string of the molecule is CN1C(=O)C(=CC2=C(O)OC(C)(C)OC2=O)C(=O)N1C. The van der Waals surface area contributed by atoms with Crippen molar-refractivity contribution in [3.05, 3.63) is 23.2 Å². The molecule has 8 nitrogen and oxygen atoms in total. The molecule has 0 aromatic heterocycles. The normalized spacial score (nSPS) is 22.2. The number of esters is 1. The molecular weight excluding hydrogens is 268 g/mol. The number of hydrogen-bond acceptors (Lipinski definition) is 6. The molecular formula is C12H14N2O6. The van der Waals surface area contributed by atoms with E-state index in [9.17, 15) is 19.5 Å². The average molecular weight is 282 g/mol. The Kier molecular flexibility index (Phi) is 2.96. The molecule has 0 aromatic carbocycles. The number of hydrazine groups is 1. The molecule has 0 saturated carbocycles. The summed E-state index contributed by atoms with van der Waals surface area (Å²) in [5, 5.41) is 11.9. The van der Waals surface area contributed by atoms with Gasteiger partial charge >= 0.3 is 5.97 Å². The second kappa shape index (κ2) is 4.26. The first-order chi connectivity index (χ1) is 9.14. The fourth-order valence-corrected chi connectivity index (χ4v) is 1.78. The summed E-state index contributed by atoms with van der Waals surface area (Å²) < 4.78 is 9.91. The highest BCUT2D eigenvalue weighted by Gasteiger charge is 2.40. The van der Waals surface area contributed by atoms with E-state index in [4.69, 9.17) is 9.47 Å². The van der Waals surface area contributed by atoms with E-state index in [1.807, 2.05) is 0 Å². The molecule has 0 radical (unpaired) electrons. The molecule has 2 aliphatic rings. The lowest BCUT2D eigenvalue weighted by molar-refractivity contribution is -0.221. The van der Waals surface area contributed by atoms with E-state index >= 15 is 0 Å². The molecule has 0 bridgehead atoms. The van der Waals surface area contributed by atoms with Gasteiger partial charge in [-0.05, 0) is 6.08 Å². The minimum Gasteiger partial charge on any atom is -0.480 e. The van der Waals surface area contributed by atoms with Crippen molar-refractivity contribution in [1.82, 2.24) is 10.0 Å². The van der Waals surface area contributed by atoms with E-state index in [1.54, 1.807) is 0 Å². The molecule has 1 N–H and O–H groups in total. The van der Waals surface area contributed by atoms with Gasteiger partial charge < -0.3 is 14.6 Å². The van der Waals surface area contributed by atoms with Gasteiger partial charge in [-0.15, -0.1) is 0 Å². The third-order valence-electron chi connectivity index (χ3n) is 2.92. The highest BCUT2D eigenvalue weighted by molar-refractivity contribution is 6.23. The molecule has 0 spiro atoms. The number of carbonyl (C=O) groups is 3. The van der Waals surface area contributed by atoms with Crippen LogP contribution in [-0.4, -0.2) is 52.8 Å². The first kappa shape index (κ1) is 13.9. The van der Waals surface area contributed by atoms with Gasteiger partial charge in [0.1, 0.15) is 11.1 Å². The van der Waals surface area contributed by atoms with Crippen molar-refractivity contribution in [2.75, 3.05) is 14.1 Å². The van der Waals surface area contributed by atoms with Crippen molar-refractivity contribution >= 4 is 17.8 Å². The first-order valence-electron chi connectivity index (χ1n) is 5.77. The van der Waals surface area contributed by atoms with E-state index in [-0.39, 0.29) is 11.1 Å². The Bertz CT molecular complexity index is 552. The topological polar surface area (TPSA) is 96.4 Å². The van der Waals surface area contributed by atoms with Gasteiger partial charge in [-0.1, -0.05) is 0 Å². The predicted octanol–water partition coefficient (Wildman–Crippen LogP) is -0.163. The minimum atomic E-state index is -1.31. The van der Waals surface area contributed by atoms with Crippen LogP contribution < -0.4 is 0 Å². The molecule has 2 amide bonds. The number of aliphatic hydroxyl groups excluding tert-OH is 1. The van der Waals surface area contributed by atoms with Crippen molar-refractivity contribution in [3.63, 3.8) is 0 Å².